The zero-order valence-electron chi connectivity index (χ0n) is 17.0. The molecule has 0 atom stereocenters. The Balaban J connectivity index is 1.53. The molecule has 2 aromatic heterocycles. The summed E-state index contributed by atoms with van der Waals surface area (Å²) in [6, 6.07) is 10.4. The highest BCUT2D eigenvalue weighted by atomic mass is 32.1. The van der Waals surface area contributed by atoms with Crippen molar-refractivity contribution in [2.45, 2.75) is 65.7 Å². The van der Waals surface area contributed by atoms with E-state index in [4.69, 9.17) is 0 Å². The third kappa shape index (κ3) is 5.64. The number of hydrogen-bond acceptors (Lipinski definition) is 4. The number of rotatable bonds is 10. The minimum Gasteiger partial charge on any atom is -0.348 e. The average molecular weight is 385 g/mol. The van der Waals surface area contributed by atoms with Gasteiger partial charge in [0, 0.05) is 40.6 Å². The first kappa shape index (κ1) is 20.1. The van der Waals surface area contributed by atoms with Gasteiger partial charge in [-0.15, -0.1) is 11.3 Å². The van der Waals surface area contributed by atoms with E-state index < -0.39 is 0 Å². The van der Waals surface area contributed by atoms with Crippen LogP contribution in [0.3, 0.4) is 0 Å². The van der Waals surface area contributed by atoms with E-state index in [2.05, 4.69) is 72.1 Å². The van der Waals surface area contributed by atoms with Crippen LogP contribution in [0, 0.1) is 0 Å². The molecule has 1 aromatic carbocycles. The molecule has 0 fully saturated rings. The lowest BCUT2D eigenvalue weighted by molar-refractivity contribution is 0.173. The molecular weight excluding hydrogens is 352 g/mol. The van der Waals surface area contributed by atoms with Crippen LogP contribution in [0.25, 0.3) is 10.1 Å². The number of nitrogens with one attached hydrogen (secondary N) is 2. The topological polar surface area (TPSA) is 44.0 Å². The molecule has 0 radical (unpaired) electrons. The van der Waals surface area contributed by atoms with E-state index in [-0.39, 0.29) is 0 Å². The summed E-state index contributed by atoms with van der Waals surface area (Å²) >= 11 is 1.94. The molecule has 3 aromatic rings. The van der Waals surface area contributed by atoms with Gasteiger partial charge < -0.3 is 10.3 Å². The van der Waals surface area contributed by atoms with Crippen LogP contribution in [0.4, 0.5) is 0 Å². The Bertz CT molecular complexity index is 812. The number of benzene rings is 1. The Hall–Kier alpha value is -1.69. The summed E-state index contributed by atoms with van der Waals surface area (Å²) in [5.74, 6) is 0.978. The van der Waals surface area contributed by atoms with Crippen molar-refractivity contribution in [1.82, 2.24) is 20.2 Å². The quantitative estimate of drug-likeness (QED) is 0.519. The minimum atomic E-state index is 0.614. The van der Waals surface area contributed by atoms with Crippen molar-refractivity contribution in [2.24, 2.45) is 0 Å². The number of H-pyrrole nitrogens is 1. The molecule has 0 aliphatic rings. The fourth-order valence-electron chi connectivity index (χ4n) is 3.65. The summed E-state index contributed by atoms with van der Waals surface area (Å²) in [6.45, 7) is 12.0. The largest absolute Gasteiger partial charge is 0.348 e. The maximum atomic E-state index is 4.24. The Morgan fingerprint density at radius 3 is 2.63 bits per heavy atom. The first-order valence-electron chi connectivity index (χ1n) is 9.99. The SMILES string of the molecule is CC(C)N(CCCc1cc2cc(CNCc3ncc[nH]3)ccc2s1)C(C)C. The Kier molecular flexibility index (Phi) is 7.05. The fourth-order valence-corrected chi connectivity index (χ4v) is 4.74. The van der Waals surface area contributed by atoms with E-state index >= 15 is 0 Å². The lowest BCUT2D eigenvalue weighted by Gasteiger charge is -2.30. The van der Waals surface area contributed by atoms with Gasteiger partial charge in [0.1, 0.15) is 5.82 Å². The normalized spacial score (nSPS) is 12.1. The fraction of sp³-hybridized carbons (Fsp3) is 0.500. The lowest BCUT2D eigenvalue weighted by atomic mass is 10.1. The van der Waals surface area contributed by atoms with Gasteiger partial charge in [0.05, 0.1) is 6.54 Å². The molecule has 27 heavy (non-hydrogen) atoms. The predicted molar refractivity (Wildman–Crippen MR) is 116 cm³/mol. The number of fused-ring (bicyclic) bond motifs is 1. The molecular formula is C22H32N4S. The van der Waals surface area contributed by atoms with E-state index in [0.29, 0.717) is 12.1 Å². The summed E-state index contributed by atoms with van der Waals surface area (Å²) in [4.78, 5) is 11.4. The van der Waals surface area contributed by atoms with Crippen LogP contribution in [0.5, 0.6) is 0 Å². The second-order valence-corrected chi connectivity index (χ2v) is 8.92. The molecule has 0 spiro atoms. The average Bonchev–Trinajstić information content (AvgIpc) is 3.26. The summed E-state index contributed by atoms with van der Waals surface area (Å²) in [6.07, 6.45) is 6.04. The number of thiophene rings is 1. The predicted octanol–water partition coefficient (Wildman–Crippen LogP) is 4.97. The Morgan fingerprint density at radius 2 is 1.93 bits per heavy atom. The van der Waals surface area contributed by atoms with Gasteiger partial charge in [0.2, 0.25) is 0 Å². The van der Waals surface area contributed by atoms with Crippen molar-refractivity contribution in [2.75, 3.05) is 6.54 Å². The second-order valence-electron chi connectivity index (χ2n) is 7.75. The van der Waals surface area contributed by atoms with Gasteiger partial charge >= 0.3 is 0 Å². The van der Waals surface area contributed by atoms with E-state index in [1.807, 2.05) is 17.5 Å². The third-order valence-corrected chi connectivity index (χ3v) is 6.15. The molecule has 146 valence electrons. The first-order chi connectivity index (χ1) is 13.0. The molecule has 0 aliphatic heterocycles. The van der Waals surface area contributed by atoms with Gasteiger partial charge in [-0.2, -0.15) is 0 Å². The molecule has 0 unspecified atom stereocenters. The van der Waals surface area contributed by atoms with Crippen molar-refractivity contribution < 1.29 is 0 Å². The van der Waals surface area contributed by atoms with Gasteiger partial charge in [-0.05, 0) is 76.2 Å². The van der Waals surface area contributed by atoms with Gasteiger partial charge in [-0.1, -0.05) is 6.07 Å². The van der Waals surface area contributed by atoms with Crippen LogP contribution in [0.15, 0.2) is 36.7 Å². The van der Waals surface area contributed by atoms with Gasteiger partial charge in [-0.3, -0.25) is 4.90 Å². The molecule has 0 amide bonds. The summed E-state index contributed by atoms with van der Waals surface area (Å²) in [7, 11) is 0. The number of hydrogen-bond donors (Lipinski definition) is 2. The van der Waals surface area contributed by atoms with E-state index in [1.165, 1.54) is 39.9 Å². The number of nitrogens with zero attached hydrogens (tertiary/aromatic N) is 2. The smallest absolute Gasteiger partial charge is 0.120 e. The van der Waals surface area contributed by atoms with Gasteiger partial charge in [0.15, 0.2) is 0 Å². The summed E-state index contributed by atoms with van der Waals surface area (Å²) in [5.41, 5.74) is 1.32. The number of aromatic nitrogens is 2. The van der Waals surface area contributed by atoms with Crippen LogP contribution in [-0.4, -0.2) is 33.5 Å². The highest BCUT2D eigenvalue weighted by Gasteiger charge is 2.13. The number of imidazole rings is 1. The summed E-state index contributed by atoms with van der Waals surface area (Å²) in [5, 5.41) is 4.82. The highest BCUT2D eigenvalue weighted by molar-refractivity contribution is 7.19. The number of aryl methyl sites for hydroxylation is 1. The molecule has 2 N–H and O–H groups in total. The molecule has 0 saturated heterocycles. The Labute approximate surface area is 167 Å². The molecule has 0 saturated carbocycles. The van der Waals surface area contributed by atoms with Crippen molar-refractivity contribution in [3.63, 3.8) is 0 Å². The third-order valence-electron chi connectivity index (χ3n) is 4.97. The molecule has 4 nitrogen and oxygen atoms in total. The van der Waals surface area contributed by atoms with Crippen LogP contribution < -0.4 is 5.32 Å². The highest BCUT2D eigenvalue weighted by Crippen LogP contribution is 2.27. The van der Waals surface area contributed by atoms with E-state index in [0.717, 1.165) is 18.9 Å². The van der Waals surface area contributed by atoms with Gasteiger partial charge in [0.25, 0.3) is 0 Å². The number of aromatic amines is 1. The zero-order valence-corrected chi connectivity index (χ0v) is 17.8. The van der Waals surface area contributed by atoms with Crippen LogP contribution in [0.2, 0.25) is 0 Å². The van der Waals surface area contributed by atoms with Crippen LogP contribution >= 0.6 is 11.3 Å². The summed E-state index contributed by atoms with van der Waals surface area (Å²) < 4.78 is 1.39. The lowest BCUT2D eigenvalue weighted by Crippen LogP contribution is -2.37. The molecule has 0 aliphatic carbocycles. The molecule has 5 heteroatoms. The standard InChI is InChI=1S/C22H32N4S/c1-16(2)26(17(3)4)11-5-6-20-13-19-12-18(7-8-21(19)27-20)14-23-15-22-24-9-10-25-22/h7-10,12-13,16-17,23H,5-6,11,14-15H2,1-4H3,(H,24,25). The maximum absolute atomic E-state index is 4.24. The van der Waals surface area contributed by atoms with Crippen molar-refractivity contribution in [3.05, 3.63) is 52.9 Å². The Morgan fingerprint density at radius 1 is 1.11 bits per heavy atom. The van der Waals surface area contributed by atoms with E-state index in [9.17, 15) is 0 Å². The van der Waals surface area contributed by atoms with Crippen LogP contribution in [0.1, 0.15) is 50.4 Å². The van der Waals surface area contributed by atoms with Crippen molar-refractivity contribution >= 4 is 21.4 Å². The monoisotopic (exact) mass is 384 g/mol. The van der Waals surface area contributed by atoms with Gasteiger partial charge in [-0.25, -0.2) is 4.98 Å². The van der Waals surface area contributed by atoms with E-state index in [1.54, 1.807) is 6.20 Å². The molecule has 0 bridgehead atoms. The maximum Gasteiger partial charge on any atom is 0.120 e. The van der Waals surface area contributed by atoms with Crippen molar-refractivity contribution in [1.29, 1.82) is 0 Å². The minimum absolute atomic E-state index is 0.614. The second kappa shape index (κ2) is 9.49. The molecule has 2 heterocycles. The molecule has 3 rings (SSSR count). The first-order valence-corrected chi connectivity index (χ1v) is 10.8. The van der Waals surface area contributed by atoms with Crippen LogP contribution in [-0.2, 0) is 19.5 Å². The van der Waals surface area contributed by atoms with Crippen molar-refractivity contribution in [3.8, 4) is 0 Å². The zero-order chi connectivity index (χ0) is 19.2.